The van der Waals surface area contributed by atoms with E-state index in [1.165, 1.54) is 0 Å². The lowest BCUT2D eigenvalue weighted by Crippen LogP contribution is -2.08. The highest BCUT2D eigenvalue weighted by atomic mass is 16.3. The second-order valence-electron chi connectivity index (χ2n) is 6.48. The van der Waals surface area contributed by atoms with Crippen LogP contribution in [0.2, 0.25) is 0 Å². The van der Waals surface area contributed by atoms with Gasteiger partial charge >= 0.3 is 0 Å². The second kappa shape index (κ2) is 7.65. The molecule has 9 nitrogen and oxygen atoms in total. The number of aromatic amines is 1. The number of nitrogens with one attached hydrogen (secondary N) is 2. The highest BCUT2D eigenvalue weighted by Crippen LogP contribution is 2.26. The summed E-state index contributed by atoms with van der Waals surface area (Å²) >= 11 is 0. The number of aryl methyl sites for hydroxylation is 1. The summed E-state index contributed by atoms with van der Waals surface area (Å²) in [6.07, 6.45) is 2.68. The van der Waals surface area contributed by atoms with E-state index < -0.39 is 0 Å². The van der Waals surface area contributed by atoms with Crippen molar-refractivity contribution in [3.63, 3.8) is 0 Å². The molecule has 1 aromatic carbocycles. The van der Waals surface area contributed by atoms with E-state index in [1.54, 1.807) is 6.20 Å². The molecule has 9 heteroatoms. The first-order chi connectivity index (χ1) is 13.7. The Kier molecular flexibility index (Phi) is 4.90. The summed E-state index contributed by atoms with van der Waals surface area (Å²) in [5, 5.41) is 19.4. The minimum Gasteiger partial charge on any atom is -0.392 e. The molecule has 4 aromatic rings. The molecule has 0 amide bonds. The third-order valence-corrected chi connectivity index (χ3v) is 4.45. The number of hydrogen-bond donors (Lipinski definition) is 4. The minimum absolute atomic E-state index is 0.0315. The molecule has 5 N–H and O–H groups in total. The number of H-pyrrole nitrogens is 1. The predicted molar refractivity (Wildman–Crippen MR) is 107 cm³/mol. The first-order valence-corrected chi connectivity index (χ1v) is 9.16. The van der Waals surface area contributed by atoms with Crippen molar-refractivity contribution >= 4 is 22.9 Å². The number of nitrogens with two attached hydrogens (primary N) is 1. The molecule has 3 heterocycles. The van der Waals surface area contributed by atoms with Gasteiger partial charge in [0.2, 0.25) is 5.95 Å². The van der Waals surface area contributed by atoms with E-state index >= 15 is 0 Å². The molecule has 0 spiro atoms. The van der Waals surface area contributed by atoms with Gasteiger partial charge in [0, 0.05) is 19.3 Å². The highest BCUT2D eigenvalue weighted by Gasteiger charge is 2.18. The Morgan fingerprint density at radius 1 is 1.11 bits per heavy atom. The third kappa shape index (κ3) is 3.39. The Morgan fingerprint density at radius 2 is 1.89 bits per heavy atom. The smallest absolute Gasteiger partial charge is 0.227 e. The number of imidazole rings is 1. The van der Waals surface area contributed by atoms with Crippen LogP contribution in [-0.2, 0) is 19.7 Å². The van der Waals surface area contributed by atoms with E-state index in [2.05, 4.69) is 37.4 Å². The molecule has 144 valence electrons. The molecule has 28 heavy (non-hydrogen) atoms. The zero-order valence-corrected chi connectivity index (χ0v) is 15.6. The van der Waals surface area contributed by atoms with E-state index in [-0.39, 0.29) is 6.61 Å². The Labute approximate surface area is 161 Å². The van der Waals surface area contributed by atoms with E-state index in [9.17, 15) is 0 Å². The second-order valence-corrected chi connectivity index (χ2v) is 6.48. The van der Waals surface area contributed by atoms with Gasteiger partial charge in [0.15, 0.2) is 22.8 Å². The van der Waals surface area contributed by atoms with Crippen LogP contribution in [0.1, 0.15) is 24.5 Å². The van der Waals surface area contributed by atoms with Crippen LogP contribution in [-0.4, -0.2) is 34.8 Å². The molecule has 0 aliphatic carbocycles. The van der Waals surface area contributed by atoms with Crippen molar-refractivity contribution in [3.05, 3.63) is 47.7 Å². The fourth-order valence-corrected chi connectivity index (χ4v) is 3.06. The van der Waals surface area contributed by atoms with Crippen LogP contribution in [0.15, 0.2) is 36.5 Å². The maximum Gasteiger partial charge on any atom is 0.227 e. The number of aliphatic hydroxyl groups is 1. The molecule has 0 saturated heterocycles. The topological polar surface area (TPSA) is 131 Å². The average Bonchev–Trinajstić information content (AvgIpc) is 3.36. The van der Waals surface area contributed by atoms with Crippen molar-refractivity contribution < 1.29 is 5.11 Å². The quantitative estimate of drug-likeness (QED) is 0.388. The van der Waals surface area contributed by atoms with E-state index in [4.69, 9.17) is 10.8 Å². The number of anilines is 2. The van der Waals surface area contributed by atoms with Crippen LogP contribution >= 0.6 is 0 Å². The van der Waals surface area contributed by atoms with Gasteiger partial charge in [-0.1, -0.05) is 31.2 Å². The van der Waals surface area contributed by atoms with Gasteiger partial charge in [0.05, 0.1) is 6.61 Å². The molecule has 0 aliphatic heterocycles. The van der Waals surface area contributed by atoms with Gasteiger partial charge in [-0.2, -0.15) is 15.1 Å². The van der Waals surface area contributed by atoms with Crippen LogP contribution in [0.3, 0.4) is 0 Å². The number of aromatic nitrogens is 6. The monoisotopic (exact) mass is 378 g/mol. The van der Waals surface area contributed by atoms with Gasteiger partial charge in [-0.3, -0.25) is 5.10 Å². The third-order valence-electron chi connectivity index (χ3n) is 4.45. The minimum atomic E-state index is 0.0315. The first kappa shape index (κ1) is 17.9. The van der Waals surface area contributed by atoms with E-state index in [0.717, 1.165) is 35.6 Å². The Hall–Kier alpha value is -3.46. The summed E-state index contributed by atoms with van der Waals surface area (Å²) in [6.45, 7) is 3.42. The Morgan fingerprint density at radius 3 is 2.57 bits per heavy atom. The predicted octanol–water partition coefficient (Wildman–Crippen LogP) is 2.31. The van der Waals surface area contributed by atoms with E-state index in [0.29, 0.717) is 29.5 Å². The maximum atomic E-state index is 9.14. The number of aliphatic hydroxyl groups excluding tert-OH is 1. The SMILES string of the molecule is CCCn1c(-c2cc[nH]n2)nc2c(N)nc(NCc3ccc(CO)cc3)nc21. The normalized spacial score (nSPS) is 11.2. The lowest BCUT2D eigenvalue weighted by atomic mass is 10.1. The van der Waals surface area contributed by atoms with Crippen molar-refractivity contribution in [2.75, 3.05) is 11.1 Å². The summed E-state index contributed by atoms with van der Waals surface area (Å²) in [5.74, 6) is 1.49. The van der Waals surface area contributed by atoms with Crippen LogP contribution in [0.5, 0.6) is 0 Å². The Bertz CT molecular complexity index is 1070. The number of rotatable bonds is 7. The van der Waals surface area contributed by atoms with Crippen LogP contribution in [0, 0.1) is 0 Å². The van der Waals surface area contributed by atoms with Crippen LogP contribution < -0.4 is 11.1 Å². The molecule has 0 aliphatic rings. The van der Waals surface area contributed by atoms with Gasteiger partial charge < -0.3 is 20.7 Å². The first-order valence-electron chi connectivity index (χ1n) is 9.16. The summed E-state index contributed by atoms with van der Waals surface area (Å²) < 4.78 is 2.02. The van der Waals surface area contributed by atoms with Crippen molar-refractivity contribution in [2.45, 2.75) is 33.0 Å². The molecule has 0 saturated carbocycles. The molecule has 0 unspecified atom stereocenters. The summed E-state index contributed by atoms with van der Waals surface area (Å²) in [7, 11) is 0. The van der Waals surface area contributed by atoms with Gasteiger partial charge in [0.25, 0.3) is 0 Å². The molecule has 0 fully saturated rings. The Balaban J connectivity index is 1.67. The van der Waals surface area contributed by atoms with Crippen LogP contribution in [0.4, 0.5) is 11.8 Å². The number of hydrogen-bond acceptors (Lipinski definition) is 7. The summed E-state index contributed by atoms with van der Waals surface area (Å²) in [6, 6.07) is 9.56. The van der Waals surface area contributed by atoms with Crippen molar-refractivity contribution in [1.82, 2.24) is 29.7 Å². The number of nitrogens with zero attached hydrogens (tertiary/aromatic N) is 5. The van der Waals surface area contributed by atoms with Crippen LogP contribution in [0.25, 0.3) is 22.7 Å². The fourth-order valence-electron chi connectivity index (χ4n) is 3.06. The highest BCUT2D eigenvalue weighted by molar-refractivity contribution is 5.86. The van der Waals surface area contributed by atoms with Gasteiger partial charge in [0.1, 0.15) is 5.69 Å². The average molecular weight is 378 g/mol. The number of nitrogen functional groups attached to an aromatic ring is 1. The molecule has 0 radical (unpaired) electrons. The van der Waals surface area contributed by atoms with Crippen molar-refractivity contribution in [1.29, 1.82) is 0 Å². The molecule has 3 aromatic heterocycles. The molecule has 0 bridgehead atoms. The number of fused-ring (bicyclic) bond motifs is 1. The van der Waals surface area contributed by atoms with Gasteiger partial charge in [-0.05, 0) is 23.6 Å². The van der Waals surface area contributed by atoms with Crippen molar-refractivity contribution in [3.8, 4) is 11.5 Å². The zero-order chi connectivity index (χ0) is 19.5. The van der Waals surface area contributed by atoms with Crippen molar-refractivity contribution in [2.24, 2.45) is 0 Å². The van der Waals surface area contributed by atoms with Gasteiger partial charge in [-0.15, -0.1) is 0 Å². The standard InChI is InChI=1S/C19H22N8O/c1-2-9-27-17(14-7-8-22-26-14)23-15-16(20)24-19(25-18(15)27)21-10-12-3-5-13(11-28)6-4-12/h3-8,28H,2,9-11H2,1H3,(H,22,26)(H3,20,21,24,25). The summed E-state index contributed by atoms with van der Waals surface area (Å²) in [4.78, 5) is 13.6. The number of benzene rings is 1. The molecular formula is C19H22N8O. The lowest BCUT2D eigenvalue weighted by molar-refractivity contribution is 0.282. The lowest BCUT2D eigenvalue weighted by Gasteiger charge is -2.08. The molecular weight excluding hydrogens is 356 g/mol. The maximum absolute atomic E-state index is 9.14. The largest absolute Gasteiger partial charge is 0.392 e. The fraction of sp³-hybridized carbons (Fsp3) is 0.263. The molecule has 0 atom stereocenters. The van der Waals surface area contributed by atoms with Gasteiger partial charge in [-0.25, -0.2) is 4.98 Å². The molecule has 4 rings (SSSR count). The summed E-state index contributed by atoms with van der Waals surface area (Å²) in [5.41, 5.74) is 10.1. The zero-order valence-electron chi connectivity index (χ0n) is 15.6. The van der Waals surface area contributed by atoms with E-state index in [1.807, 2.05) is 34.9 Å².